The number of aromatic nitrogens is 2. The van der Waals surface area contributed by atoms with Crippen molar-refractivity contribution in [2.45, 2.75) is 20.3 Å². The van der Waals surface area contributed by atoms with Crippen LogP contribution in [0.15, 0.2) is 30.7 Å². The number of carbonyl (C=O) groups is 1. The van der Waals surface area contributed by atoms with Gasteiger partial charge in [-0.2, -0.15) is 0 Å². The highest BCUT2D eigenvalue weighted by molar-refractivity contribution is 5.95. The molecule has 0 unspecified atom stereocenters. The molecule has 0 spiro atoms. The Morgan fingerprint density at radius 2 is 1.88 bits per heavy atom. The molecule has 6 nitrogen and oxygen atoms in total. The van der Waals surface area contributed by atoms with Gasteiger partial charge in [0.15, 0.2) is 0 Å². The maximum absolute atomic E-state index is 12.9. The van der Waals surface area contributed by atoms with Crippen LogP contribution in [0.1, 0.15) is 30.6 Å². The number of rotatable bonds is 7. The minimum absolute atomic E-state index is 0.111. The predicted molar refractivity (Wildman–Crippen MR) is 99.9 cm³/mol. The molecule has 3 rings (SSSR count). The Labute approximate surface area is 150 Å². The number of amides is 1. The molecule has 1 aliphatic rings. The van der Waals surface area contributed by atoms with E-state index < -0.39 is 0 Å². The number of pyridine rings is 1. The van der Waals surface area contributed by atoms with E-state index in [1.54, 1.807) is 6.20 Å². The molecular weight excluding hydrogens is 314 g/mol. The molecule has 1 amide bonds. The molecule has 0 aliphatic carbocycles. The summed E-state index contributed by atoms with van der Waals surface area (Å²) in [5, 5.41) is 0. The van der Waals surface area contributed by atoms with E-state index in [0.29, 0.717) is 0 Å². The molecule has 0 saturated carbocycles. The Kier molecular flexibility index (Phi) is 6.04. The Balaban J connectivity index is 1.60. The summed E-state index contributed by atoms with van der Waals surface area (Å²) in [5.74, 6) is 0.111. The molecular formula is C19H29N5O. The normalized spacial score (nSPS) is 16.4. The maximum atomic E-state index is 12.9. The van der Waals surface area contributed by atoms with Crippen molar-refractivity contribution in [1.82, 2.24) is 24.1 Å². The number of nitrogens with zero attached hydrogens (tertiary/aromatic N) is 5. The van der Waals surface area contributed by atoms with Gasteiger partial charge < -0.3 is 14.2 Å². The zero-order valence-corrected chi connectivity index (χ0v) is 15.4. The summed E-state index contributed by atoms with van der Waals surface area (Å²) < 4.78 is 1.92. The van der Waals surface area contributed by atoms with Gasteiger partial charge in [-0.25, -0.2) is 4.98 Å². The fourth-order valence-electron chi connectivity index (χ4n) is 3.40. The van der Waals surface area contributed by atoms with E-state index in [-0.39, 0.29) is 5.91 Å². The predicted octanol–water partition coefficient (Wildman–Crippen LogP) is 1.82. The highest BCUT2D eigenvalue weighted by atomic mass is 16.2. The number of fused-ring (bicyclic) bond motifs is 1. The van der Waals surface area contributed by atoms with Gasteiger partial charge in [-0.3, -0.25) is 9.69 Å². The third-order valence-corrected chi connectivity index (χ3v) is 5.02. The van der Waals surface area contributed by atoms with Gasteiger partial charge in [0, 0.05) is 70.0 Å². The summed E-state index contributed by atoms with van der Waals surface area (Å²) >= 11 is 0. The van der Waals surface area contributed by atoms with Crippen molar-refractivity contribution in [3.05, 3.63) is 36.3 Å². The Hall–Kier alpha value is -1.92. The lowest BCUT2D eigenvalue weighted by Crippen LogP contribution is -2.48. The first-order valence-electron chi connectivity index (χ1n) is 9.38. The van der Waals surface area contributed by atoms with Crippen LogP contribution in [0.4, 0.5) is 0 Å². The largest absolute Gasteiger partial charge is 0.337 e. The van der Waals surface area contributed by atoms with Crippen LogP contribution in [0, 0.1) is 0 Å². The van der Waals surface area contributed by atoms with Crippen LogP contribution < -0.4 is 0 Å². The lowest BCUT2D eigenvalue weighted by atomic mass is 10.2. The van der Waals surface area contributed by atoms with Crippen LogP contribution in [0.5, 0.6) is 0 Å². The number of piperazine rings is 1. The molecule has 1 aliphatic heterocycles. The van der Waals surface area contributed by atoms with Crippen molar-refractivity contribution in [1.29, 1.82) is 0 Å². The van der Waals surface area contributed by atoms with Gasteiger partial charge >= 0.3 is 0 Å². The zero-order valence-electron chi connectivity index (χ0n) is 15.4. The van der Waals surface area contributed by atoms with E-state index in [9.17, 15) is 4.79 Å². The van der Waals surface area contributed by atoms with Crippen molar-refractivity contribution in [3.63, 3.8) is 0 Å². The first-order chi connectivity index (χ1) is 12.2. The van der Waals surface area contributed by atoms with Crippen molar-refractivity contribution in [2.75, 3.05) is 52.4 Å². The second-order valence-electron chi connectivity index (χ2n) is 6.68. The van der Waals surface area contributed by atoms with E-state index in [0.717, 1.165) is 70.0 Å². The van der Waals surface area contributed by atoms with Crippen molar-refractivity contribution in [3.8, 4) is 0 Å². The third-order valence-electron chi connectivity index (χ3n) is 5.02. The summed E-state index contributed by atoms with van der Waals surface area (Å²) in [6.45, 7) is 12.5. The molecule has 0 radical (unpaired) electrons. The van der Waals surface area contributed by atoms with Crippen molar-refractivity contribution >= 4 is 11.6 Å². The van der Waals surface area contributed by atoms with Gasteiger partial charge in [-0.15, -0.1) is 0 Å². The summed E-state index contributed by atoms with van der Waals surface area (Å²) in [4.78, 5) is 24.2. The van der Waals surface area contributed by atoms with E-state index in [4.69, 9.17) is 0 Å². The highest BCUT2D eigenvalue weighted by Crippen LogP contribution is 2.10. The molecule has 6 heteroatoms. The Morgan fingerprint density at radius 1 is 1.12 bits per heavy atom. The van der Waals surface area contributed by atoms with E-state index >= 15 is 0 Å². The molecule has 1 saturated heterocycles. The van der Waals surface area contributed by atoms with Crippen LogP contribution in [-0.2, 0) is 0 Å². The fourth-order valence-corrected chi connectivity index (χ4v) is 3.40. The number of imidazole rings is 1. The second-order valence-corrected chi connectivity index (χ2v) is 6.68. The minimum atomic E-state index is 0.111. The summed E-state index contributed by atoms with van der Waals surface area (Å²) in [6, 6.07) is 3.77. The van der Waals surface area contributed by atoms with Crippen molar-refractivity contribution < 1.29 is 4.79 Å². The summed E-state index contributed by atoms with van der Waals surface area (Å²) in [5.41, 5.74) is 1.54. The molecule has 0 bridgehead atoms. The van der Waals surface area contributed by atoms with Crippen molar-refractivity contribution in [2.24, 2.45) is 0 Å². The topological polar surface area (TPSA) is 44.1 Å². The van der Waals surface area contributed by atoms with E-state index in [2.05, 4.69) is 28.6 Å². The number of hydrogen-bond donors (Lipinski definition) is 0. The second kappa shape index (κ2) is 8.45. The number of hydrogen-bond acceptors (Lipinski definition) is 4. The minimum Gasteiger partial charge on any atom is -0.337 e. The molecule has 0 atom stereocenters. The highest BCUT2D eigenvalue weighted by Gasteiger charge is 2.19. The lowest BCUT2D eigenvalue weighted by molar-refractivity contribution is 0.0708. The third kappa shape index (κ3) is 4.38. The van der Waals surface area contributed by atoms with Crippen LogP contribution in [0.25, 0.3) is 5.65 Å². The lowest BCUT2D eigenvalue weighted by Gasteiger charge is -2.35. The van der Waals surface area contributed by atoms with Crippen LogP contribution in [-0.4, -0.2) is 82.3 Å². The van der Waals surface area contributed by atoms with Gasteiger partial charge in [0.25, 0.3) is 5.91 Å². The average molecular weight is 343 g/mol. The first-order valence-corrected chi connectivity index (χ1v) is 9.38. The molecule has 0 aromatic carbocycles. The summed E-state index contributed by atoms with van der Waals surface area (Å²) in [7, 11) is 0. The van der Waals surface area contributed by atoms with E-state index in [1.807, 2.05) is 33.8 Å². The molecule has 136 valence electrons. The number of likely N-dealkylation sites (N-methyl/N-ethyl adjacent to an activating group) is 1. The summed E-state index contributed by atoms with van der Waals surface area (Å²) in [6.07, 6.45) is 6.53. The average Bonchev–Trinajstić information content (AvgIpc) is 3.12. The van der Waals surface area contributed by atoms with Gasteiger partial charge in [0.2, 0.25) is 0 Å². The molecule has 25 heavy (non-hydrogen) atoms. The monoisotopic (exact) mass is 343 g/mol. The number of carbonyl (C=O) groups excluding carboxylic acids is 1. The van der Waals surface area contributed by atoms with Crippen LogP contribution in [0.2, 0.25) is 0 Å². The molecule has 2 aromatic heterocycles. The van der Waals surface area contributed by atoms with Gasteiger partial charge in [-0.05, 0) is 25.1 Å². The van der Waals surface area contributed by atoms with Crippen LogP contribution in [0.3, 0.4) is 0 Å². The van der Waals surface area contributed by atoms with Crippen LogP contribution >= 0.6 is 0 Å². The molecule has 1 fully saturated rings. The first kappa shape index (κ1) is 17.9. The standard InChI is InChI=1S/C19H29N5O/c1-3-7-24(15-14-22-12-10-21(4-2)11-13-22)19(25)17-5-8-23-9-6-20-18(23)16-17/h5-6,8-9,16H,3-4,7,10-15H2,1-2H3. The Morgan fingerprint density at radius 3 is 2.60 bits per heavy atom. The van der Waals surface area contributed by atoms with Gasteiger partial charge in [-0.1, -0.05) is 13.8 Å². The SMILES string of the molecule is CCCN(CCN1CCN(CC)CC1)C(=O)c1ccn2ccnc2c1. The van der Waals surface area contributed by atoms with Gasteiger partial charge in [0.1, 0.15) is 5.65 Å². The van der Waals surface area contributed by atoms with Gasteiger partial charge in [0.05, 0.1) is 0 Å². The van der Waals surface area contributed by atoms with E-state index in [1.165, 1.54) is 0 Å². The zero-order chi connectivity index (χ0) is 17.6. The Bertz CT molecular complexity index is 690. The molecule has 0 N–H and O–H groups in total. The molecule has 3 heterocycles. The smallest absolute Gasteiger partial charge is 0.254 e. The maximum Gasteiger partial charge on any atom is 0.254 e. The fraction of sp³-hybridized carbons (Fsp3) is 0.579. The molecule has 2 aromatic rings. The quantitative estimate of drug-likeness (QED) is 0.769.